The third kappa shape index (κ3) is 43.6. The molecule has 1 atom stereocenters. The van der Waals surface area contributed by atoms with Crippen LogP contribution in [0.1, 0.15) is 201 Å². The van der Waals surface area contributed by atoms with Crippen LogP contribution in [0.15, 0.2) is 85.1 Å². The van der Waals surface area contributed by atoms with Crippen LogP contribution in [0.4, 0.5) is 0 Å². The second-order valence-corrected chi connectivity index (χ2v) is 14.9. The molecule has 6 nitrogen and oxygen atoms in total. The molecule has 0 amide bonds. The molecular formula is C51H84O6. The molecule has 0 aliphatic heterocycles. The molecule has 0 aliphatic rings. The maximum atomic E-state index is 12.7. The van der Waals surface area contributed by atoms with Crippen molar-refractivity contribution in [3.63, 3.8) is 0 Å². The third-order valence-corrected chi connectivity index (χ3v) is 9.36. The molecule has 0 aromatic rings. The van der Waals surface area contributed by atoms with E-state index in [0.29, 0.717) is 25.7 Å². The lowest BCUT2D eigenvalue weighted by Gasteiger charge is -2.18. The van der Waals surface area contributed by atoms with Crippen molar-refractivity contribution in [1.29, 1.82) is 0 Å². The van der Waals surface area contributed by atoms with E-state index in [2.05, 4.69) is 106 Å². The first-order chi connectivity index (χ1) is 28.0. The predicted molar refractivity (Wildman–Crippen MR) is 242 cm³/mol. The highest BCUT2D eigenvalue weighted by Gasteiger charge is 2.19. The molecule has 0 spiro atoms. The molecule has 0 saturated heterocycles. The van der Waals surface area contributed by atoms with E-state index in [9.17, 15) is 14.4 Å². The van der Waals surface area contributed by atoms with E-state index in [-0.39, 0.29) is 31.1 Å². The zero-order valence-electron chi connectivity index (χ0n) is 36.8. The Hall–Kier alpha value is -3.41. The summed E-state index contributed by atoms with van der Waals surface area (Å²) in [6.45, 7) is 6.30. The van der Waals surface area contributed by atoms with Gasteiger partial charge in [0.1, 0.15) is 13.2 Å². The summed E-state index contributed by atoms with van der Waals surface area (Å²) in [5.41, 5.74) is 0. The molecule has 0 aromatic heterocycles. The van der Waals surface area contributed by atoms with E-state index in [0.717, 1.165) is 103 Å². The highest BCUT2D eigenvalue weighted by atomic mass is 16.6. The lowest BCUT2D eigenvalue weighted by atomic mass is 10.1. The Balaban J connectivity index is 4.45. The summed E-state index contributed by atoms with van der Waals surface area (Å²) in [5.74, 6) is -0.986. The molecule has 0 bridgehead atoms. The van der Waals surface area contributed by atoms with Crippen molar-refractivity contribution >= 4 is 17.9 Å². The largest absolute Gasteiger partial charge is 0.462 e. The molecular weight excluding hydrogens is 709 g/mol. The fourth-order valence-corrected chi connectivity index (χ4v) is 5.94. The summed E-state index contributed by atoms with van der Waals surface area (Å²) in [6, 6.07) is 0. The Bertz CT molecular complexity index is 1140. The van der Waals surface area contributed by atoms with Gasteiger partial charge < -0.3 is 14.2 Å². The average Bonchev–Trinajstić information content (AvgIpc) is 3.21. The SMILES string of the molecule is CC/C=C\C/C=C\C/C=C\C/C=C\CCCCCC(=O)OCC(COC(=O)CCC/C=C\CCCCCC)OC(=O)CCCCCCCCC/C=C\C/C=C\CC. The highest BCUT2D eigenvalue weighted by Crippen LogP contribution is 2.13. The Morgan fingerprint density at radius 1 is 0.368 bits per heavy atom. The average molecular weight is 793 g/mol. The van der Waals surface area contributed by atoms with Crippen molar-refractivity contribution in [3.05, 3.63) is 85.1 Å². The number of hydrogen-bond donors (Lipinski definition) is 0. The molecule has 57 heavy (non-hydrogen) atoms. The van der Waals surface area contributed by atoms with E-state index in [4.69, 9.17) is 14.2 Å². The molecule has 6 heteroatoms. The highest BCUT2D eigenvalue weighted by molar-refractivity contribution is 5.71. The third-order valence-electron chi connectivity index (χ3n) is 9.36. The van der Waals surface area contributed by atoms with E-state index in [1.165, 1.54) is 51.4 Å². The summed E-state index contributed by atoms with van der Waals surface area (Å²) in [6.07, 6.45) is 57.2. The molecule has 0 fully saturated rings. The van der Waals surface area contributed by atoms with Gasteiger partial charge in [-0.05, 0) is 103 Å². The van der Waals surface area contributed by atoms with Crippen LogP contribution in [0.2, 0.25) is 0 Å². The van der Waals surface area contributed by atoms with Gasteiger partial charge in [-0.2, -0.15) is 0 Å². The number of allylic oxidation sites excluding steroid dienone is 14. The quantitative estimate of drug-likeness (QED) is 0.0266. The molecule has 0 radical (unpaired) electrons. The van der Waals surface area contributed by atoms with E-state index >= 15 is 0 Å². The van der Waals surface area contributed by atoms with Crippen LogP contribution in [-0.2, 0) is 28.6 Å². The van der Waals surface area contributed by atoms with Crippen molar-refractivity contribution in [2.75, 3.05) is 13.2 Å². The Kier molecular flexibility index (Phi) is 42.6. The predicted octanol–water partition coefficient (Wildman–Crippen LogP) is 14.9. The van der Waals surface area contributed by atoms with Gasteiger partial charge in [-0.15, -0.1) is 0 Å². The number of ether oxygens (including phenoxy) is 3. The van der Waals surface area contributed by atoms with Crippen molar-refractivity contribution in [3.8, 4) is 0 Å². The van der Waals surface area contributed by atoms with Gasteiger partial charge in [-0.3, -0.25) is 14.4 Å². The number of carbonyl (C=O) groups excluding carboxylic acids is 3. The van der Waals surface area contributed by atoms with Crippen LogP contribution >= 0.6 is 0 Å². The summed E-state index contributed by atoms with van der Waals surface area (Å²) < 4.78 is 16.6. The smallest absolute Gasteiger partial charge is 0.306 e. The first kappa shape index (κ1) is 53.6. The topological polar surface area (TPSA) is 78.9 Å². The first-order valence-corrected chi connectivity index (χ1v) is 23.1. The minimum Gasteiger partial charge on any atom is -0.462 e. The second kappa shape index (κ2) is 45.3. The van der Waals surface area contributed by atoms with Gasteiger partial charge in [0, 0.05) is 19.3 Å². The van der Waals surface area contributed by atoms with Crippen LogP contribution in [0.5, 0.6) is 0 Å². The lowest BCUT2D eigenvalue weighted by molar-refractivity contribution is -0.167. The summed E-state index contributed by atoms with van der Waals surface area (Å²) >= 11 is 0. The number of esters is 3. The zero-order valence-corrected chi connectivity index (χ0v) is 36.8. The zero-order chi connectivity index (χ0) is 41.5. The van der Waals surface area contributed by atoms with Crippen molar-refractivity contribution < 1.29 is 28.6 Å². The van der Waals surface area contributed by atoms with Crippen LogP contribution in [0.3, 0.4) is 0 Å². The van der Waals surface area contributed by atoms with E-state index < -0.39 is 6.10 Å². The van der Waals surface area contributed by atoms with Gasteiger partial charge in [0.2, 0.25) is 0 Å². The summed E-state index contributed by atoms with van der Waals surface area (Å²) in [5, 5.41) is 0. The maximum Gasteiger partial charge on any atom is 0.306 e. The van der Waals surface area contributed by atoms with Crippen molar-refractivity contribution in [2.24, 2.45) is 0 Å². The van der Waals surface area contributed by atoms with Crippen LogP contribution in [-0.4, -0.2) is 37.2 Å². The normalized spacial score (nSPS) is 12.8. The van der Waals surface area contributed by atoms with Crippen LogP contribution in [0.25, 0.3) is 0 Å². The number of unbranched alkanes of at least 4 members (excludes halogenated alkanes) is 15. The Morgan fingerprint density at radius 3 is 1.18 bits per heavy atom. The van der Waals surface area contributed by atoms with Crippen molar-refractivity contribution in [1.82, 2.24) is 0 Å². The standard InChI is InChI=1S/C51H84O6/c1-4-7-10-13-16-19-21-23-25-26-28-29-32-35-38-41-44-50(53)56-47-48(46-55-49(52)43-40-37-34-31-18-15-12-9-6-3)57-51(54)45-42-39-36-33-30-27-24-22-20-17-14-11-8-5-2/h7-8,10-11,16-17,19-20,23,25,28-29,31,34,48H,4-6,9,12-15,18,21-22,24,26-27,30,32-33,35-47H2,1-3H3/b10-7-,11-8-,19-16-,20-17-,25-23-,29-28-,34-31-. The molecule has 0 N–H and O–H groups in total. The van der Waals surface area contributed by atoms with E-state index in [1.54, 1.807) is 0 Å². The van der Waals surface area contributed by atoms with Gasteiger partial charge in [0.05, 0.1) is 0 Å². The fraction of sp³-hybridized carbons (Fsp3) is 0.667. The fourth-order valence-electron chi connectivity index (χ4n) is 5.94. The minimum atomic E-state index is -0.803. The Morgan fingerprint density at radius 2 is 0.702 bits per heavy atom. The number of rotatable bonds is 40. The monoisotopic (exact) mass is 793 g/mol. The molecule has 1 unspecified atom stereocenters. The molecule has 0 aromatic carbocycles. The van der Waals surface area contributed by atoms with Gasteiger partial charge in [0.25, 0.3) is 0 Å². The van der Waals surface area contributed by atoms with Gasteiger partial charge in [-0.25, -0.2) is 0 Å². The van der Waals surface area contributed by atoms with Gasteiger partial charge >= 0.3 is 17.9 Å². The van der Waals surface area contributed by atoms with Gasteiger partial charge in [-0.1, -0.05) is 164 Å². The maximum absolute atomic E-state index is 12.7. The van der Waals surface area contributed by atoms with Crippen molar-refractivity contribution in [2.45, 2.75) is 207 Å². The minimum absolute atomic E-state index is 0.106. The molecule has 0 saturated carbocycles. The first-order valence-electron chi connectivity index (χ1n) is 23.1. The van der Waals surface area contributed by atoms with Crippen LogP contribution in [0, 0.1) is 0 Å². The lowest BCUT2D eigenvalue weighted by Crippen LogP contribution is -2.30. The number of hydrogen-bond acceptors (Lipinski definition) is 6. The summed E-state index contributed by atoms with van der Waals surface area (Å²) in [7, 11) is 0. The molecule has 0 heterocycles. The van der Waals surface area contributed by atoms with Gasteiger partial charge in [0.15, 0.2) is 6.10 Å². The Labute approximate surface area is 350 Å². The van der Waals surface area contributed by atoms with E-state index in [1.807, 2.05) is 0 Å². The second-order valence-electron chi connectivity index (χ2n) is 14.9. The summed E-state index contributed by atoms with van der Waals surface area (Å²) in [4.78, 5) is 37.7. The molecule has 0 rings (SSSR count). The van der Waals surface area contributed by atoms with Crippen LogP contribution < -0.4 is 0 Å². The number of carbonyl (C=O) groups is 3. The molecule has 0 aliphatic carbocycles. The molecule has 324 valence electrons.